The first-order chi connectivity index (χ1) is 8.65. The van der Waals surface area contributed by atoms with Crippen molar-refractivity contribution in [1.82, 2.24) is 4.98 Å². The number of unbranched alkanes of at least 4 members (excludes halogenated alkanes) is 1. The third-order valence-electron chi connectivity index (χ3n) is 2.67. The minimum absolute atomic E-state index is 0.320. The minimum Gasteiger partial charge on any atom is -0.399 e. The van der Waals surface area contributed by atoms with Crippen molar-refractivity contribution in [2.75, 3.05) is 11.5 Å². The summed E-state index contributed by atoms with van der Waals surface area (Å²) in [5.74, 6) is 1.11. The molecule has 1 heterocycles. The van der Waals surface area contributed by atoms with Crippen LogP contribution in [0.4, 0.5) is 5.69 Å². The summed E-state index contributed by atoms with van der Waals surface area (Å²) >= 11 is 3.55. The van der Waals surface area contributed by atoms with Gasteiger partial charge in [0.05, 0.1) is 10.2 Å². The largest absolute Gasteiger partial charge is 0.399 e. The molecule has 0 aliphatic carbocycles. The van der Waals surface area contributed by atoms with Gasteiger partial charge in [0, 0.05) is 17.5 Å². The van der Waals surface area contributed by atoms with E-state index in [4.69, 9.17) is 11.5 Å². The normalized spacial score (nSPS) is 13.0. The van der Waals surface area contributed by atoms with Crippen molar-refractivity contribution >= 4 is 39.0 Å². The Morgan fingerprint density at radius 1 is 1.39 bits per heavy atom. The molecule has 0 spiro atoms. The first-order valence-electron chi connectivity index (χ1n) is 6.19. The van der Waals surface area contributed by atoms with Gasteiger partial charge in [-0.05, 0) is 38.0 Å². The van der Waals surface area contributed by atoms with Gasteiger partial charge >= 0.3 is 0 Å². The van der Waals surface area contributed by atoms with E-state index in [0.29, 0.717) is 6.04 Å². The van der Waals surface area contributed by atoms with Gasteiger partial charge in [-0.3, -0.25) is 0 Å². The molecular formula is C13H19N3S2. The molecule has 0 unspecified atom stereocenters. The molecule has 18 heavy (non-hydrogen) atoms. The summed E-state index contributed by atoms with van der Waals surface area (Å²) in [5.41, 5.74) is 13.3. The van der Waals surface area contributed by atoms with Crippen LogP contribution < -0.4 is 11.5 Å². The summed E-state index contributed by atoms with van der Waals surface area (Å²) < 4.78 is 2.31. The lowest BCUT2D eigenvalue weighted by molar-refractivity contribution is 0.618. The number of thiazole rings is 1. The van der Waals surface area contributed by atoms with Gasteiger partial charge in [-0.15, -0.1) is 11.3 Å². The zero-order valence-electron chi connectivity index (χ0n) is 10.6. The van der Waals surface area contributed by atoms with Crippen LogP contribution in [0.2, 0.25) is 0 Å². The standard InChI is InChI=1S/C13H19N3S2/c1-9(14)4-2-3-7-17-13-16-11-6-5-10(15)8-12(11)18-13/h5-6,8-9H,2-4,7,14-15H2,1H3/t9-/m1/s1. The van der Waals surface area contributed by atoms with Crippen LogP contribution in [-0.2, 0) is 0 Å². The number of thioether (sulfide) groups is 1. The Kier molecular flexibility index (Phi) is 4.86. The van der Waals surface area contributed by atoms with E-state index in [1.165, 1.54) is 17.5 Å². The van der Waals surface area contributed by atoms with Gasteiger partial charge in [0.2, 0.25) is 0 Å². The molecule has 0 bridgehead atoms. The lowest BCUT2D eigenvalue weighted by Gasteiger charge is -2.02. The summed E-state index contributed by atoms with van der Waals surface area (Å²) in [7, 11) is 0. The molecule has 0 saturated heterocycles. The topological polar surface area (TPSA) is 64.9 Å². The number of fused-ring (bicyclic) bond motifs is 1. The van der Waals surface area contributed by atoms with Crippen molar-refractivity contribution in [2.45, 2.75) is 36.6 Å². The van der Waals surface area contributed by atoms with E-state index in [1.54, 1.807) is 11.3 Å². The Morgan fingerprint density at radius 3 is 3.00 bits per heavy atom. The molecule has 98 valence electrons. The molecule has 1 aromatic carbocycles. The third-order valence-corrected chi connectivity index (χ3v) is 4.92. The lowest BCUT2D eigenvalue weighted by atomic mass is 10.2. The fraction of sp³-hybridized carbons (Fsp3) is 0.462. The number of aromatic nitrogens is 1. The third kappa shape index (κ3) is 3.86. The Morgan fingerprint density at radius 2 is 2.22 bits per heavy atom. The Balaban J connectivity index is 1.84. The number of benzene rings is 1. The van der Waals surface area contributed by atoms with E-state index < -0.39 is 0 Å². The molecule has 1 aromatic heterocycles. The van der Waals surface area contributed by atoms with Gasteiger partial charge in [-0.25, -0.2) is 4.98 Å². The van der Waals surface area contributed by atoms with Crippen molar-refractivity contribution in [3.8, 4) is 0 Å². The van der Waals surface area contributed by atoms with E-state index in [1.807, 2.05) is 30.0 Å². The van der Waals surface area contributed by atoms with Crippen LogP contribution in [0.1, 0.15) is 26.2 Å². The fourth-order valence-corrected chi connectivity index (χ4v) is 3.90. The number of nitrogen functional groups attached to an aromatic ring is 1. The molecule has 1 atom stereocenters. The second-order valence-corrected chi connectivity index (χ2v) is 6.90. The zero-order chi connectivity index (χ0) is 13.0. The number of nitrogens with zero attached hydrogens (tertiary/aromatic N) is 1. The molecule has 0 saturated carbocycles. The van der Waals surface area contributed by atoms with Crippen LogP contribution in [-0.4, -0.2) is 16.8 Å². The monoisotopic (exact) mass is 281 g/mol. The number of hydrogen-bond donors (Lipinski definition) is 2. The van der Waals surface area contributed by atoms with Crippen molar-refractivity contribution in [3.63, 3.8) is 0 Å². The molecule has 0 amide bonds. The minimum atomic E-state index is 0.320. The molecule has 2 rings (SSSR count). The van der Waals surface area contributed by atoms with Crippen LogP contribution in [0.25, 0.3) is 10.2 Å². The number of rotatable bonds is 6. The van der Waals surface area contributed by atoms with E-state index in [0.717, 1.165) is 27.7 Å². The van der Waals surface area contributed by atoms with Crippen LogP contribution in [0.5, 0.6) is 0 Å². The summed E-state index contributed by atoms with van der Waals surface area (Å²) in [6.45, 7) is 2.06. The molecule has 0 radical (unpaired) electrons. The van der Waals surface area contributed by atoms with Crippen molar-refractivity contribution < 1.29 is 0 Å². The van der Waals surface area contributed by atoms with Crippen LogP contribution in [0, 0.1) is 0 Å². The van der Waals surface area contributed by atoms with Crippen LogP contribution >= 0.6 is 23.1 Å². The maximum atomic E-state index is 5.76. The second kappa shape index (κ2) is 6.41. The van der Waals surface area contributed by atoms with E-state index in [9.17, 15) is 0 Å². The highest BCUT2D eigenvalue weighted by Gasteiger charge is 2.04. The maximum absolute atomic E-state index is 5.76. The molecule has 4 N–H and O–H groups in total. The summed E-state index contributed by atoms with van der Waals surface area (Å²) in [5, 5.41) is 0. The highest BCUT2D eigenvalue weighted by molar-refractivity contribution is 8.01. The molecule has 0 aliphatic rings. The van der Waals surface area contributed by atoms with E-state index >= 15 is 0 Å². The highest BCUT2D eigenvalue weighted by atomic mass is 32.2. The predicted molar refractivity (Wildman–Crippen MR) is 82.3 cm³/mol. The number of hydrogen-bond acceptors (Lipinski definition) is 5. The Hall–Kier alpha value is -0.780. The first-order valence-corrected chi connectivity index (χ1v) is 8.00. The molecule has 0 aliphatic heterocycles. The molecule has 5 heteroatoms. The second-order valence-electron chi connectivity index (χ2n) is 4.53. The van der Waals surface area contributed by atoms with Gasteiger partial charge in [-0.2, -0.15) is 0 Å². The lowest BCUT2D eigenvalue weighted by Crippen LogP contribution is -2.13. The van der Waals surface area contributed by atoms with Crippen LogP contribution in [0.3, 0.4) is 0 Å². The summed E-state index contributed by atoms with van der Waals surface area (Å²) in [4.78, 5) is 4.59. The number of anilines is 1. The van der Waals surface area contributed by atoms with Gasteiger partial charge < -0.3 is 11.5 Å². The quantitative estimate of drug-likeness (QED) is 0.483. The van der Waals surface area contributed by atoms with Gasteiger partial charge in [0.25, 0.3) is 0 Å². The average molecular weight is 281 g/mol. The van der Waals surface area contributed by atoms with E-state index in [2.05, 4.69) is 11.9 Å². The zero-order valence-corrected chi connectivity index (χ0v) is 12.2. The average Bonchev–Trinajstić information content (AvgIpc) is 2.70. The van der Waals surface area contributed by atoms with Crippen molar-refractivity contribution in [1.29, 1.82) is 0 Å². The predicted octanol–water partition coefficient (Wildman–Crippen LogP) is 3.49. The molecule has 2 aromatic rings. The fourth-order valence-electron chi connectivity index (χ4n) is 1.71. The number of nitrogens with two attached hydrogens (primary N) is 2. The summed E-state index contributed by atoms with van der Waals surface area (Å²) in [6.07, 6.45) is 3.50. The highest BCUT2D eigenvalue weighted by Crippen LogP contribution is 2.31. The first kappa shape index (κ1) is 13.6. The van der Waals surface area contributed by atoms with Crippen molar-refractivity contribution in [3.05, 3.63) is 18.2 Å². The Labute approximate surface area is 116 Å². The van der Waals surface area contributed by atoms with Gasteiger partial charge in [0.1, 0.15) is 0 Å². The van der Waals surface area contributed by atoms with E-state index in [-0.39, 0.29) is 0 Å². The SMILES string of the molecule is C[C@@H](N)CCCCSc1nc2ccc(N)cc2s1. The van der Waals surface area contributed by atoms with Gasteiger partial charge in [-0.1, -0.05) is 18.2 Å². The maximum Gasteiger partial charge on any atom is 0.151 e. The summed E-state index contributed by atoms with van der Waals surface area (Å²) in [6, 6.07) is 6.20. The Bertz CT molecular complexity index is 508. The van der Waals surface area contributed by atoms with Gasteiger partial charge in [0.15, 0.2) is 4.34 Å². The van der Waals surface area contributed by atoms with Crippen LogP contribution in [0.15, 0.2) is 22.5 Å². The molecular weight excluding hydrogens is 262 g/mol. The smallest absolute Gasteiger partial charge is 0.151 e. The molecule has 0 fully saturated rings. The molecule has 3 nitrogen and oxygen atoms in total. The van der Waals surface area contributed by atoms with Crippen molar-refractivity contribution in [2.24, 2.45) is 5.73 Å².